The van der Waals surface area contributed by atoms with Gasteiger partial charge in [-0.3, -0.25) is 0 Å². The van der Waals surface area contributed by atoms with Crippen molar-refractivity contribution in [1.82, 2.24) is 0 Å². The summed E-state index contributed by atoms with van der Waals surface area (Å²) in [7, 11) is 0. The van der Waals surface area contributed by atoms with E-state index in [-0.39, 0.29) is 6.61 Å². The Morgan fingerprint density at radius 2 is 2.44 bits per heavy atom. The molecule has 0 amide bonds. The minimum absolute atomic E-state index is 0.0777. The second-order valence-electron chi connectivity index (χ2n) is 1.56. The van der Waals surface area contributed by atoms with E-state index >= 15 is 0 Å². The minimum Gasteiger partial charge on any atom is -0.459 e. The molecule has 0 heterocycles. The Labute approximate surface area is 53.9 Å². The maximum atomic E-state index is 10.4. The van der Waals surface area contributed by atoms with Gasteiger partial charge in [0.25, 0.3) is 0 Å². The van der Waals surface area contributed by atoms with Crippen LogP contribution in [0.3, 0.4) is 0 Å². The van der Waals surface area contributed by atoms with Gasteiger partial charge in [0.1, 0.15) is 13.2 Å². The SMILES string of the molecule is C=C(C)C(=O)OC[CH]O. The maximum Gasteiger partial charge on any atom is 0.333 e. The number of aliphatic hydroxyl groups is 1. The van der Waals surface area contributed by atoms with Gasteiger partial charge in [-0.05, 0) is 6.92 Å². The highest BCUT2D eigenvalue weighted by Crippen LogP contribution is 1.90. The second kappa shape index (κ2) is 4.09. The molecule has 0 aliphatic rings. The molecule has 0 atom stereocenters. The summed E-state index contributed by atoms with van der Waals surface area (Å²) < 4.78 is 4.41. The van der Waals surface area contributed by atoms with Gasteiger partial charge in [0, 0.05) is 5.57 Å². The van der Waals surface area contributed by atoms with Crippen LogP contribution in [-0.4, -0.2) is 17.7 Å². The lowest BCUT2D eigenvalue weighted by Gasteiger charge is -1.98. The molecule has 3 nitrogen and oxygen atoms in total. The fourth-order valence-corrected chi connectivity index (χ4v) is 0.236. The Bertz CT molecular complexity index is 117. The van der Waals surface area contributed by atoms with E-state index in [1.54, 1.807) is 6.92 Å². The molecule has 0 aliphatic heterocycles. The summed E-state index contributed by atoms with van der Waals surface area (Å²) in [5, 5.41) is 8.07. The van der Waals surface area contributed by atoms with Crippen LogP contribution < -0.4 is 0 Å². The summed E-state index contributed by atoms with van der Waals surface area (Å²) in [4.78, 5) is 10.4. The number of carbonyl (C=O) groups is 1. The van der Waals surface area contributed by atoms with Crippen molar-refractivity contribution in [3.05, 3.63) is 18.8 Å². The molecule has 0 saturated heterocycles. The van der Waals surface area contributed by atoms with Crippen LogP contribution in [-0.2, 0) is 9.53 Å². The lowest BCUT2D eigenvalue weighted by molar-refractivity contribution is -0.138. The predicted molar refractivity (Wildman–Crippen MR) is 32.0 cm³/mol. The largest absolute Gasteiger partial charge is 0.459 e. The molecule has 0 fully saturated rings. The monoisotopic (exact) mass is 129 g/mol. The van der Waals surface area contributed by atoms with Crippen LogP contribution in [0.2, 0.25) is 0 Å². The molecule has 51 valence electrons. The van der Waals surface area contributed by atoms with Crippen LogP contribution >= 0.6 is 0 Å². The van der Waals surface area contributed by atoms with E-state index in [0.29, 0.717) is 5.57 Å². The third-order valence-electron chi connectivity index (χ3n) is 0.637. The van der Waals surface area contributed by atoms with E-state index in [1.165, 1.54) is 0 Å². The topological polar surface area (TPSA) is 46.5 Å². The van der Waals surface area contributed by atoms with Gasteiger partial charge in [-0.15, -0.1) is 0 Å². The Morgan fingerprint density at radius 1 is 1.89 bits per heavy atom. The van der Waals surface area contributed by atoms with Crippen molar-refractivity contribution in [1.29, 1.82) is 0 Å². The summed E-state index contributed by atoms with van der Waals surface area (Å²) in [6.45, 7) is 5.57. The van der Waals surface area contributed by atoms with E-state index in [4.69, 9.17) is 5.11 Å². The van der Waals surface area contributed by atoms with E-state index in [1.807, 2.05) is 0 Å². The Hall–Kier alpha value is -0.830. The van der Waals surface area contributed by atoms with Crippen molar-refractivity contribution >= 4 is 5.97 Å². The molecule has 1 N–H and O–H groups in total. The van der Waals surface area contributed by atoms with Gasteiger partial charge < -0.3 is 9.84 Å². The predicted octanol–water partition coefficient (Wildman–Crippen LogP) is 0.640. The van der Waals surface area contributed by atoms with Crippen LogP contribution in [0.25, 0.3) is 0 Å². The fraction of sp³-hybridized carbons (Fsp3) is 0.333. The van der Waals surface area contributed by atoms with Crippen molar-refractivity contribution < 1.29 is 14.6 Å². The first-order valence-electron chi connectivity index (χ1n) is 2.47. The van der Waals surface area contributed by atoms with Crippen LogP contribution in [0.4, 0.5) is 0 Å². The Balaban J connectivity index is 3.39. The highest BCUT2D eigenvalue weighted by molar-refractivity contribution is 5.86. The van der Waals surface area contributed by atoms with Crippen LogP contribution in [0.1, 0.15) is 6.92 Å². The Morgan fingerprint density at radius 3 is 2.78 bits per heavy atom. The van der Waals surface area contributed by atoms with Gasteiger partial charge in [-0.25, -0.2) is 4.79 Å². The summed E-state index contributed by atoms with van der Waals surface area (Å²) in [6, 6.07) is 0. The van der Waals surface area contributed by atoms with Gasteiger partial charge in [0.15, 0.2) is 0 Å². The van der Waals surface area contributed by atoms with E-state index in [0.717, 1.165) is 6.61 Å². The van der Waals surface area contributed by atoms with Crippen molar-refractivity contribution in [2.75, 3.05) is 6.61 Å². The molecular formula is C6H9O3. The molecule has 0 bridgehead atoms. The van der Waals surface area contributed by atoms with Crippen LogP contribution in [0.5, 0.6) is 0 Å². The average molecular weight is 129 g/mol. The highest BCUT2D eigenvalue weighted by Gasteiger charge is 2.00. The number of hydrogen-bond donors (Lipinski definition) is 1. The molecule has 0 aromatic heterocycles. The third kappa shape index (κ3) is 3.73. The van der Waals surface area contributed by atoms with Gasteiger partial charge in [0.05, 0.1) is 0 Å². The van der Waals surface area contributed by atoms with E-state index in [9.17, 15) is 4.79 Å². The zero-order chi connectivity index (χ0) is 7.28. The summed E-state index contributed by atoms with van der Waals surface area (Å²) >= 11 is 0. The fourth-order valence-electron chi connectivity index (χ4n) is 0.236. The number of esters is 1. The molecule has 0 aliphatic carbocycles. The third-order valence-corrected chi connectivity index (χ3v) is 0.637. The molecular weight excluding hydrogens is 120 g/mol. The molecule has 0 spiro atoms. The van der Waals surface area contributed by atoms with Crippen molar-refractivity contribution in [3.8, 4) is 0 Å². The normalized spacial score (nSPS) is 8.67. The quantitative estimate of drug-likeness (QED) is 0.449. The molecule has 3 heteroatoms. The van der Waals surface area contributed by atoms with Gasteiger partial charge >= 0.3 is 5.97 Å². The number of ether oxygens (including phenoxy) is 1. The minimum atomic E-state index is -0.486. The van der Waals surface area contributed by atoms with Crippen molar-refractivity contribution in [3.63, 3.8) is 0 Å². The number of carbonyl (C=O) groups excluding carboxylic acids is 1. The molecule has 9 heavy (non-hydrogen) atoms. The van der Waals surface area contributed by atoms with Crippen LogP contribution in [0.15, 0.2) is 12.2 Å². The average Bonchev–Trinajstić information content (AvgIpc) is 1.82. The maximum absolute atomic E-state index is 10.4. The summed E-state index contributed by atoms with van der Waals surface area (Å²) in [6.07, 6.45) is 0. The second-order valence-corrected chi connectivity index (χ2v) is 1.56. The zero-order valence-electron chi connectivity index (χ0n) is 5.26. The number of hydrogen-bond acceptors (Lipinski definition) is 3. The molecule has 0 unspecified atom stereocenters. The van der Waals surface area contributed by atoms with E-state index < -0.39 is 5.97 Å². The summed E-state index contributed by atoms with van der Waals surface area (Å²) in [5.41, 5.74) is 0.330. The molecule has 0 saturated carbocycles. The zero-order valence-corrected chi connectivity index (χ0v) is 5.26. The molecule has 0 aromatic carbocycles. The lowest BCUT2D eigenvalue weighted by atomic mass is 10.4. The smallest absolute Gasteiger partial charge is 0.333 e. The van der Waals surface area contributed by atoms with Crippen molar-refractivity contribution in [2.24, 2.45) is 0 Å². The Kier molecular flexibility index (Phi) is 3.71. The lowest BCUT2D eigenvalue weighted by Crippen LogP contribution is -2.05. The highest BCUT2D eigenvalue weighted by atomic mass is 16.5. The standard InChI is InChI=1S/C6H9O3/c1-5(2)6(8)9-4-3-7/h3,7H,1,4H2,2H3. The van der Waals surface area contributed by atoms with Gasteiger partial charge in [0.2, 0.25) is 0 Å². The first-order valence-corrected chi connectivity index (χ1v) is 2.47. The van der Waals surface area contributed by atoms with Gasteiger partial charge in [-0.1, -0.05) is 6.58 Å². The number of rotatable bonds is 3. The summed E-state index contributed by atoms with van der Waals surface area (Å²) in [5.74, 6) is -0.486. The molecule has 1 radical (unpaired) electrons. The first-order chi connectivity index (χ1) is 4.18. The van der Waals surface area contributed by atoms with Crippen molar-refractivity contribution in [2.45, 2.75) is 6.92 Å². The van der Waals surface area contributed by atoms with Gasteiger partial charge in [-0.2, -0.15) is 0 Å². The molecule has 0 rings (SSSR count). The molecule has 0 aromatic rings. The first kappa shape index (κ1) is 8.17. The number of aliphatic hydroxyl groups excluding tert-OH is 1. The van der Waals surface area contributed by atoms with E-state index in [2.05, 4.69) is 11.3 Å². The van der Waals surface area contributed by atoms with Crippen LogP contribution in [0, 0.1) is 6.61 Å².